The van der Waals surface area contributed by atoms with E-state index in [-0.39, 0.29) is 24.4 Å². The highest BCUT2D eigenvalue weighted by Gasteiger charge is 2.31. The van der Waals surface area contributed by atoms with Gasteiger partial charge in [0.2, 0.25) is 0 Å². The predicted octanol–water partition coefficient (Wildman–Crippen LogP) is 3.48. The molecule has 0 radical (unpaired) electrons. The van der Waals surface area contributed by atoms with Crippen LogP contribution in [0.25, 0.3) is 10.2 Å². The van der Waals surface area contributed by atoms with Crippen molar-refractivity contribution >= 4 is 33.4 Å². The lowest BCUT2D eigenvalue weighted by Crippen LogP contribution is -2.42. The minimum Gasteiger partial charge on any atom is -0.459 e. The van der Waals surface area contributed by atoms with Gasteiger partial charge in [-0.15, -0.1) is 11.3 Å². The van der Waals surface area contributed by atoms with E-state index in [1.54, 1.807) is 17.0 Å². The summed E-state index contributed by atoms with van der Waals surface area (Å²) in [4.78, 5) is 30.9. The fraction of sp³-hybridized carbons (Fsp3) is 0.316. The number of furan rings is 1. The molecular formula is C19H18N2O4S. The van der Waals surface area contributed by atoms with Crippen LogP contribution in [0, 0.1) is 5.92 Å². The van der Waals surface area contributed by atoms with Gasteiger partial charge in [-0.1, -0.05) is 12.1 Å². The van der Waals surface area contributed by atoms with E-state index in [0.717, 1.165) is 28.1 Å². The highest BCUT2D eigenvalue weighted by molar-refractivity contribution is 7.18. The van der Waals surface area contributed by atoms with Crippen LogP contribution in [-0.4, -0.2) is 34.8 Å². The molecular weight excluding hydrogens is 352 g/mol. The lowest BCUT2D eigenvalue weighted by molar-refractivity contribution is -0.151. The van der Waals surface area contributed by atoms with Crippen LogP contribution in [0.3, 0.4) is 0 Å². The normalized spacial score (nSPS) is 17.4. The molecule has 1 amide bonds. The van der Waals surface area contributed by atoms with Gasteiger partial charge >= 0.3 is 5.97 Å². The number of likely N-dealkylation sites (tertiary alicyclic amines) is 1. The second-order valence-electron chi connectivity index (χ2n) is 6.25. The number of piperidine rings is 1. The van der Waals surface area contributed by atoms with Crippen molar-refractivity contribution in [1.82, 2.24) is 9.88 Å². The third-order valence-electron chi connectivity index (χ3n) is 4.45. The molecule has 1 fully saturated rings. The van der Waals surface area contributed by atoms with Gasteiger partial charge in [-0.2, -0.15) is 0 Å². The highest BCUT2D eigenvalue weighted by atomic mass is 32.1. The van der Waals surface area contributed by atoms with Crippen LogP contribution in [0.4, 0.5) is 0 Å². The number of hydrogen-bond donors (Lipinski definition) is 0. The van der Waals surface area contributed by atoms with Gasteiger partial charge in [-0.3, -0.25) is 9.59 Å². The number of rotatable bonds is 4. The van der Waals surface area contributed by atoms with Gasteiger partial charge in [0.1, 0.15) is 11.6 Å². The Labute approximate surface area is 154 Å². The van der Waals surface area contributed by atoms with Crippen molar-refractivity contribution < 1.29 is 18.7 Å². The number of carbonyl (C=O) groups excluding carboxylic acids is 2. The SMILES string of the molecule is O=C(OCc1nc2ccccc2s1)C1CCCN(C(=O)c2ccco2)C1. The number of ether oxygens (including phenoxy) is 1. The number of benzene rings is 1. The maximum absolute atomic E-state index is 12.4. The maximum atomic E-state index is 12.4. The summed E-state index contributed by atoms with van der Waals surface area (Å²) in [6, 6.07) is 11.2. The molecule has 0 spiro atoms. The Kier molecular flexibility index (Phi) is 4.71. The first-order valence-electron chi connectivity index (χ1n) is 8.54. The van der Waals surface area contributed by atoms with Crippen LogP contribution in [0.15, 0.2) is 47.1 Å². The molecule has 1 atom stereocenters. The Bertz CT molecular complexity index is 886. The standard InChI is InChI=1S/C19H18N2O4S/c22-18(15-7-4-10-24-15)21-9-3-5-13(11-21)19(23)25-12-17-20-14-6-1-2-8-16(14)26-17/h1-2,4,6-8,10,13H,3,5,9,11-12H2. The Morgan fingerprint density at radius 2 is 2.15 bits per heavy atom. The molecule has 3 aromatic rings. The van der Waals surface area contributed by atoms with E-state index in [2.05, 4.69) is 4.98 Å². The summed E-state index contributed by atoms with van der Waals surface area (Å²) in [5.41, 5.74) is 0.913. The molecule has 1 aliphatic rings. The highest BCUT2D eigenvalue weighted by Crippen LogP contribution is 2.24. The van der Waals surface area contributed by atoms with E-state index in [1.807, 2.05) is 24.3 Å². The maximum Gasteiger partial charge on any atom is 0.311 e. The molecule has 3 heterocycles. The summed E-state index contributed by atoms with van der Waals surface area (Å²) in [5, 5.41) is 0.777. The van der Waals surface area contributed by atoms with Crippen LogP contribution in [-0.2, 0) is 16.1 Å². The minimum atomic E-state index is -0.308. The van der Waals surface area contributed by atoms with Crippen molar-refractivity contribution in [2.75, 3.05) is 13.1 Å². The Morgan fingerprint density at radius 3 is 2.96 bits per heavy atom. The van der Waals surface area contributed by atoms with Crippen molar-refractivity contribution in [3.63, 3.8) is 0 Å². The zero-order chi connectivity index (χ0) is 17.9. The minimum absolute atomic E-state index is 0.167. The Hall–Kier alpha value is -2.67. The van der Waals surface area contributed by atoms with Crippen LogP contribution in [0.2, 0.25) is 0 Å². The molecule has 7 heteroatoms. The number of carbonyl (C=O) groups is 2. The second-order valence-corrected chi connectivity index (χ2v) is 7.37. The van der Waals surface area contributed by atoms with Gasteiger partial charge in [0, 0.05) is 13.1 Å². The zero-order valence-electron chi connectivity index (χ0n) is 14.1. The van der Waals surface area contributed by atoms with E-state index in [1.165, 1.54) is 17.6 Å². The van der Waals surface area contributed by atoms with Gasteiger partial charge in [0.15, 0.2) is 5.76 Å². The number of fused-ring (bicyclic) bond motifs is 1. The molecule has 1 saturated heterocycles. The Morgan fingerprint density at radius 1 is 1.27 bits per heavy atom. The fourth-order valence-corrected chi connectivity index (χ4v) is 4.02. The summed E-state index contributed by atoms with van der Waals surface area (Å²) in [6.07, 6.45) is 2.97. The predicted molar refractivity (Wildman–Crippen MR) is 96.8 cm³/mol. The van der Waals surface area contributed by atoms with Crippen LogP contribution in [0.5, 0.6) is 0 Å². The number of hydrogen-bond acceptors (Lipinski definition) is 6. The smallest absolute Gasteiger partial charge is 0.311 e. The average Bonchev–Trinajstić information content (AvgIpc) is 3.35. The van der Waals surface area contributed by atoms with E-state index in [0.29, 0.717) is 18.8 Å². The summed E-state index contributed by atoms with van der Waals surface area (Å²) in [7, 11) is 0. The van der Waals surface area contributed by atoms with E-state index >= 15 is 0 Å². The lowest BCUT2D eigenvalue weighted by atomic mass is 9.98. The quantitative estimate of drug-likeness (QED) is 0.658. The second kappa shape index (κ2) is 7.29. The van der Waals surface area contributed by atoms with Gasteiger partial charge in [0.05, 0.1) is 22.4 Å². The average molecular weight is 370 g/mol. The number of amides is 1. The third-order valence-corrected chi connectivity index (χ3v) is 5.46. The Balaban J connectivity index is 1.36. The van der Waals surface area contributed by atoms with Crippen LogP contribution < -0.4 is 0 Å². The number of aromatic nitrogens is 1. The van der Waals surface area contributed by atoms with E-state index in [9.17, 15) is 9.59 Å². The summed E-state index contributed by atoms with van der Waals surface area (Å²) < 4.78 is 11.7. The van der Waals surface area contributed by atoms with Gasteiger partial charge < -0.3 is 14.1 Å². The van der Waals surface area contributed by atoms with Crippen molar-refractivity contribution in [3.8, 4) is 0 Å². The largest absolute Gasteiger partial charge is 0.459 e. The van der Waals surface area contributed by atoms with Crippen LogP contribution in [0.1, 0.15) is 28.4 Å². The number of thiazole rings is 1. The molecule has 0 saturated carbocycles. The summed E-state index contributed by atoms with van der Waals surface area (Å²) in [6.45, 7) is 1.15. The summed E-state index contributed by atoms with van der Waals surface area (Å²) >= 11 is 1.52. The van der Waals surface area contributed by atoms with Crippen molar-refractivity contribution in [2.45, 2.75) is 19.4 Å². The molecule has 1 aliphatic heterocycles. The third kappa shape index (κ3) is 3.48. The number of esters is 1. The molecule has 1 unspecified atom stereocenters. The molecule has 2 aromatic heterocycles. The van der Waals surface area contributed by atoms with Crippen LogP contribution >= 0.6 is 11.3 Å². The fourth-order valence-electron chi connectivity index (χ4n) is 3.14. The van der Waals surface area contributed by atoms with E-state index < -0.39 is 0 Å². The van der Waals surface area contributed by atoms with E-state index in [4.69, 9.17) is 9.15 Å². The topological polar surface area (TPSA) is 72.6 Å². The molecule has 26 heavy (non-hydrogen) atoms. The monoisotopic (exact) mass is 370 g/mol. The first-order valence-corrected chi connectivity index (χ1v) is 9.36. The molecule has 0 N–H and O–H groups in total. The first-order chi connectivity index (χ1) is 12.7. The number of nitrogens with zero attached hydrogens (tertiary/aromatic N) is 2. The molecule has 1 aromatic carbocycles. The van der Waals surface area contributed by atoms with Gasteiger partial charge in [0.25, 0.3) is 5.91 Å². The van der Waals surface area contributed by atoms with Crippen molar-refractivity contribution in [3.05, 3.63) is 53.4 Å². The van der Waals surface area contributed by atoms with Crippen molar-refractivity contribution in [1.29, 1.82) is 0 Å². The number of para-hydroxylation sites is 1. The van der Waals surface area contributed by atoms with Gasteiger partial charge in [-0.25, -0.2) is 4.98 Å². The first kappa shape index (κ1) is 16.8. The molecule has 6 nitrogen and oxygen atoms in total. The zero-order valence-corrected chi connectivity index (χ0v) is 14.9. The molecule has 134 valence electrons. The molecule has 0 aliphatic carbocycles. The molecule has 0 bridgehead atoms. The van der Waals surface area contributed by atoms with Crippen molar-refractivity contribution in [2.24, 2.45) is 5.92 Å². The molecule has 4 rings (SSSR count). The van der Waals surface area contributed by atoms with Gasteiger partial charge in [-0.05, 0) is 37.1 Å². The lowest BCUT2D eigenvalue weighted by Gasteiger charge is -2.30. The summed E-state index contributed by atoms with van der Waals surface area (Å²) in [5.74, 6) is -0.467.